The lowest BCUT2D eigenvalue weighted by atomic mass is 10.2. The van der Waals surface area contributed by atoms with E-state index in [1.165, 1.54) is 13.0 Å². The molecule has 0 aliphatic heterocycles. The number of aryl methyl sites for hydroxylation is 1. The minimum Gasteiger partial charge on any atom is -0.395 e. The van der Waals surface area contributed by atoms with Gasteiger partial charge in [0.15, 0.2) is 0 Å². The topological polar surface area (TPSA) is 77.8 Å². The molecule has 102 valence electrons. The van der Waals surface area contributed by atoms with Gasteiger partial charge in [-0.2, -0.15) is 4.31 Å². The first-order valence-electron chi connectivity index (χ1n) is 5.41. The third-order valence-corrected chi connectivity index (χ3v) is 4.51. The van der Waals surface area contributed by atoms with Gasteiger partial charge < -0.3 is 10.2 Å². The molecular weight excluding hydrogens is 261 g/mol. The van der Waals surface area contributed by atoms with Gasteiger partial charge in [-0.1, -0.05) is 0 Å². The summed E-state index contributed by atoms with van der Waals surface area (Å²) in [5.74, 6) is -0.512. The monoisotopic (exact) mass is 277 g/mol. The van der Waals surface area contributed by atoms with E-state index in [1.807, 2.05) is 0 Å². The fraction of sp³-hybridized carbons (Fsp3) is 0.455. The quantitative estimate of drug-likeness (QED) is 0.773. The molecule has 0 aromatic heterocycles. The Labute approximate surface area is 106 Å². The van der Waals surface area contributed by atoms with Gasteiger partial charge in [0.25, 0.3) is 0 Å². The van der Waals surface area contributed by atoms with Crippen LogP contribution in [0, 0.1) is 12.7 Å². The molecule has 1 aromatic rings. The molecule has 0 saturated heterocycles. The number of nitrogens with zero attached hydrogens (tertiary/aromatic N) is 1. The molecule has 0 heterocycles. The lowest BCUT2D eigenvalue weighted by molar-refractivity contribution is 0.217. The summed E-state index contributed by atoms with van der Waals surface area (Å²) in [5, 5.41) is 17.7. The van der Waals surface area contributed by atoms with E-state index in [1.54, 1.807) is 0 Å². The maximum atomic E-state index is 12.9. The molecule has 0 amide bonds. The largest absolute Gasteiger partial charge is 0.395 e. The van der Waals surface area contributed by atoms with Gasteiger partial charge in [-0.05, 0) is 30.7 Å². The molecule has 0 unspecified atom stereocenters. The van der Waals surface area contributed by atoms with Gasteiger partial charge in [0.1, 0.15) is 5.82 Å². The van der Waals surface area contributed by atoms with Crippen LogP contribution in [0.4, 0.5) is 4.39 Å². The van der Waals surface area contributed by atoms with E-state index in [9.17, 15) is 12.8 Å². The van der Waals surface area contributed by atoms with E-state index in [2.05, 4.69) is 0 Å². The third-order valence-electron chi connectivity index (χ3n) is 2.45. The minimum absolute atomic E-state index is 0.0224. The summed E-state index contributed by atoms with van der Waals surface area (Å²) >= 11 is 0. The highest BCUT2D eigenvalue weighted by Crippen LogP contribution is 2.20. The lowest BCUT2D eigenvalue weighted by Crippen LogP contribution is -2.36. The molecule has 0 atom stereocenters. The van der Waals surface area contributed by atoms with E-state index >= 15 is 0 Å². The first-order valence-corrected chi connectivity index (χ1v) is 6.85. The average molecular weight is 277 g/mol. The lowest BCUT2D eigenvalue weighted by Gasteiger charge is -2.21. The van der Waals surface area contributed by atoms with Crippen LogP contribution < -0.4 is 0 Å². The highest BCUT2D eigenvalue weighted by Gasteiger charge is 2.25. The molecule has 2 N–H and O–H groups in total. The summed E-state index contributed by atoms with van der Waals surface area (Å²) in [7, 11) is -3.83. The maximum absolute atomic E-state index is 12.9. The van der Waals surface area contributed by atoms with Crippen LogP contribution in [0.1, 0.15) is 5.56 Å². The first kappa shape index (κ1) is 15.0. The number of aliphatic hydroxyl groups is 2. The Morgan fingerprint density at radius 2 is 1.78 bits per heavy atom. The number of hydrogen-bond acceptors (Lipinski definition) is 4. The molecule has 0 aliphatic carbocycles. The van der Waals surface area contributed by atoms with Crippen LogP contribution in [0.25, 0.3) is 0 Å². The number of aliphatic hydroxyl groups excluding tert-OH is 2. The highest BCUT2D eigenvalue weighted by atomic mass is 32.2. The van der Waals surface area contributed by atoms with Crippen molar-refractivity contribution in [1.82, 2.24) is 4.31 Å². The van der Waals surface area contributed by atoms with Crippen molar-refractivity contribution in [3.8, 4) is 0 Å². The Bertz CT molecular complexity index is 498. The fourth-order valence-corrected chi connectivity index (χ4v) is 3.24. The van der Waals surface area contributed by atoms with E-state index in [-0.39, 0.29) is 36.8 Å². The molecule has 18 heavy (non-hydrogen) atoms. The Kier molecular flexibility index (Phi) is 5.21. The van der Waals surface area contributed by atoms with Crippen LogP contribution in [0.5, 0.6) is 0 Å². The summed E-state index contributed by atoms with van der Waals surface area (Å²) in [6.07, 6.45) is 0. The molecule has 1 aromatic carbocycles. The summed E-state index contributed by atoms with van der Waals surface area (Å²) in [5.41, 5.74) is 0.288. The number of halogens is 1. The van der Waals surface area contributed by atoms with Crippen molar-refractivity contribution >= 4 is 10.0 Å². The molecule has 1 rings (SSSR count). The third kappa shape index (κ3) is 3.26. The normalized spacial score (nSPS) is 12.1. The van der Waals surface area contributed by atoms with Crippen LogP contribution in [-0.2, 0) is 10.0 Å². The molecule has 0 saturated carbocycles. The van der Waals surface area contributed by atoms with E-state index < -0.39 is 15.8 Å². The number of benzene rings is 1. The predicted molar refractivity (Wildman–Crippen MR) is 64.1 cm³/mol. The second kappa shape index (κ2) is 6.24. The van der Waals surface area contributed by atoms with Crippen molar-refractivity contribution in [2.75, 3.05) is 26.3 Å². The molecule has 0 fully saturated rings. The molecule has 0 aliphatic rings. The van der Waals surface area contributed by atoms with Crippen molar-refractivity contribution in [3.05, 3.63) is 29.6 Å². The Morgan fingerprint density at radius 1 is 1.22 bits per heavy atom. The van der Waals surface area contributed by atoms with Crippen LogP contribution in [0.3, 0.4) is 0 Å². The van der Waals surface area contributed by atoms with Crippen molar-refractivity contribution in [3.63, 3.8) is 0 Å². The average Bonchev–Trinajstić information content (AvgIpc) is 2.28. The summed E-state index contributed by atoms with van der Waals surface area (Å²) in [6.45, 7) is 0.574. The van der Waals surface area contributed by atoms with Gasteiger partial charge in [0.05, 0.1) is 18.1 Å². The van der Waals surface area contributed by atoms with Gasteiger partial charge >= 0.3 is 0 Å². The molecule has 0 bridgehead atoms. The zero-order valence-electron chi connectivity index (χ0n) is 10.0. The van der Waals surface area contributed by atoms with Crippen LogP contribution in [0.15, 0.2) is 23.1 Å². The van der Waals surface area contributed by atoms with Crippen molar-refractivity contribution in [2.45, 2.75) is 11.8 Å². The van der Waals surface area contributed by atoms with Gasteiger partial charge in [-0.3, -0.25) is 0 Å². The maximum Gasteiger partial charge on any atom is 0.243 e. The zero-order chi connectivity index (χ0) is 13.8. The Morgan fingerprint density at radius 3 is 2.22 bits per heavy atom. The van der Waals surface area contributed by atoms with Crippen LogP contribution in [-0.4, -0.2) is 49.2 Å². The van der Waals surface area contributed by atoms with Crippen LogP contribution >= 0.6 is 0 Å². The van der Waals surface area contributed by atoms with Gasteiger partial charge in [0.2, 0.25) is 10.0 Å². The Balaban J connectivity index is 3.17. The number of rotatable bonds is 6. The van der Waals surface area contributed by atoms with E-state index in [0.717, 1.165) is 16.4 Å². The molecular formula is C11H16FNO4S. The highest BCUT2D eigenvalue weighted by molar-refractivity contribution is 7.89. The van der Waals surface area contributed by atoms with Gasteiger partial charge in [-0.25, -0.2) is 12.8 Å². The minimum atomic E-state index is -3.83. The van der Waals surface area contributed by atoms with Crippen molar-refractivity contribution < 1.29 is 23.0 Å². The second-order valence-corrected chi connectivity index (χ2v) is 5.67. The summed E-state index contributed by atoms with van der Waals surface area (Å²) in [4.78, 5) is -0.0224. The summed E-state index contributed by atoms with van der Waals surface area (Å²) < 4.78 is 38.4. The zero-order valence-corrected chi connectivity index (χ0v) is 10.8. The van der Waals surface area contributed by atoms with E-state index in [0.29, 0.717) is 0 Å². The van der Waals surface area contributed by atoms with Crippen molar-refractivity contribution in [2.24, 2.45) is 0 Å². The summed E-state index contributed by atoms with van der Waals surface area (Å²) in [6, 6.07) is 3.38. The second-order valence-electron chi connectivity index (χ2n) is 3.76. The van der Waals surface area contributed by atoms with Gasteiger partial charge in [-0.15, -0.1) is 0 Å². The first-order chi connectivity index (χ1) is 8.43. The predicted octanol–water partition coefficient (Wildman–Crippen LogP) is 0.109. The smallest absolute Gasteiger partial charge is 0.243 e. The standard InChI is InChI=1S/C11H16FNO4S/c1-9-8-10(12)2-3-11(9)18(16,17)13(4-6-14)5-7-15/h2-3,8,14-15H,4-7H2,1H3. The number of hydrogen-bond donors (Lipinski definition) is 2. The SMILES string of the molecule is Cc1cc(F)ccc1S(=O)(=O)N(CCO)CCO. The molecule has 0 radical (unpaired) electrons. The van der Waals surface area contributed by atoms with Crippen LogP contribution in [0.2, 0.25) is 0 Å². The van der Waals surface area contributed by atoms with E-state index in [4.69, 9.17) is 10.2 Å². The fourth-order valence-electron chi connectivity index (χ4n) is 1.62. The number of sulfonamides is 1. The van der Waals surface area contributed by atoms with Crippen molar-refractivity contribution in [1.29, 1.82) is 0 Å². The molecule has 5 nitrogen and oxygen atoms in total. The van der Waals surface area contributed by atoms with Gasteiger partial charge in [0, 0.05) is 13.1 Å². The Hall–Kier alpha value is -1.02. The molecule has 0 spiro atoms. The molecule has 7 heteroatoms.